The molecule has 0 bridgehead atoms. The number of nitro benzene ring substituents is 1. The van der Waals surface area contributed by atoms with Gasteiger partial charge in [0, 0.05) is 24.7 Å². The average molecular weight is 334 g/mol. The van der Waals surface area contributed by atoms with Gasteiger partial charge in [-0.3, -0.25) is 14.9 Å². The predicted molar refractivity (Wildman–Crippen MR) is 87.8 cm³/mol. The van der Waals surface area contributed by atoms with Gasteiger partial charge in [-0.15, -0.1) is 0 Å². The number of benzene rings is 1. The van der Waals surface area contributed by atoms with E-state index in [-0.39, 0.29) is 17.2 Å². The zero-order chi connectivity index (χ0) is 17.7. The van der Waals surface area contributed by atoms with Crippen molar-refractivity contribution in [2.24, 2.45) is 0 Å². The Morgan fingerprint density at radius 1 is 1.21 bits per heavy atom. The molecule has 2 rings (SSSR count). The van der Waals surface area contributed by atoms with Crippen LogP contribution in [0.4, 0.5) is 5.69 Å². The highest BCUT2D eigenvalue weighted by Crippen LogP contribution is 2.20. The van der Waals surface area contributed by atoms with E-state index in [1.807, 2.05) is 0 Å². The molecule has 1 atom stereocenters. The Morgan fingerprint density at radius 3 is 2.42 bits per heavy atom. The van der Waals surface area contributed by atoms with Gasteiger partial charge in [0.2, 0.25) is 0 Å². The molecule has 0 spiro atoms. The normalized spacial score (nSPS) is 16.2. The second-order valence-corrected chi connectivity index (χ2v) is 6.05. The number of nitrogens with zero attached hydrogens (tertiary/aromatic N) is 2. The summed E-state index contributed by atoms with van der Waals surface area (Å²) in [4.78, 5) is 36.7. The van der Waals surface area contributed by atoms with Crippen LogP contribution >= 0.6 is 0 Å². The maximum Gasteiger partial charge on any atom is 0.339 e. The van der Waals surface area contributed by atoms with Crippen molar-refractivity contribution in [1.29, 1.82) is 0 Å². The molecule has 0 aliphatic carbocycles. The lowest BCUT2D eigenvalue weighted by atomic mass is 10.1. The van der Waals surface area contributed by atoms with Crippen molar-refractivity contribution in [3.63, 3.8) is 0 Å². The van der Waals surface area contributed by atoms with Gasteiger partial charge in [0.1, 0.15) is 0 Å². The SMILES string of the molecule is Cc1ccc(C(=O)OC(C)C(=O)N2CCCCCC2)cc1[N+](=O)[O-]. The van der Waals surface area contributed by atoms with E-state index in [0.717, 1.165) is 25.7 Å². The van der Waals surface area contributed by atoms with Crippen molar-refractivity contribution < 1.29 is 19.2 Å². The summed E-state index contributed by atoms with van der Waals surface area (Å²) in [6, 6.07) is 4.14. The number of carbonyl (C=O) groups excluding carboxylic acids is 2. The second-order valence-electron chi connectivity index (χ2n) is 6.05. The summed E-state index contributed by atoms with van der Waals surface area (Å²) < 4.78 is 5.21. The Kier molecular flexibility index (Phi) is 5.89. The van der Waals surface area contributed by atoms with Crippen LogP contribution in [0.5, 0.6) is 0 Å². The standard InChI is InChI=1S/C17H22N2O5/c1-12-7-8-14(11-15(12)19(22)23)17(21)24-13(2)16(20)18-9-5-3-4-6-10-18/h7-8,11,13H,3-6,9-10H2,1-2H3. The van der Waals surface area contributed by atoms with Gasteiger partial charge in [0.25, 0.3) is 11.6 Å². The highest BCUT2D eigenvalue weighted by atomic mass is 16.6. The number of hydrogen-bond acceptors (Lipinski definition) is 5. The van der Waals surface area contributed by atoms with E-state index in [2.05, 4.69) is 0 Å². The highest BCUT2D eigenvalue weighted by Gasteiger charge is 2.25. The van der Waals surface area contributed by atoms with Crippen LogP contribution in [0, 0.1) is 17.0 Å². The van der Waals surface area contributed by atoms with Crippen molar-refractivity contribution in [1.82, 2.24) is 4.90 Å². The molecule has 7 nitrogen and oxygen atoms in total. The van der Waals surface area contributed by atoms with E-state index in [0.29, 0.717) is 18.7 Å². The minimum absolute atomic E-state index is 0.0721. The number of hydrogen-bond donors (Lipinski definition) is 0. The van der Waals surface area contributed by atoms with Gasteiger partial charge < -0.3 is 9.64 Å². The van der Waals surface area contributed by atoms with Crippen molar-refractivity contribution >= 4 is 17.6 Å². The number of carbonyl (C=O) groups is 2. The van der Waals surface area contributed by atoms with E-state index < -0.39 is 17.0 Å². The lowest BCUT2D eigenvalue weighted by Crippen LogP contribution is -2.40. The second kappa shape index (κ2) is 7.90. The fraction of sp³-hybridized carbons (Fsp3) is 0.529. The first kappa shape index (κ1) is 17.9. The molecule has 1 unspecified atom stereocenters. The van der Waals surface area contributed by atoms with Gasteiger partial charge in [-0.05, 0) is 32.8 Å². The average Bonchev–Trinajstić information content (AvgIpc) is 2.83. The maximum absolute atomic E-state index is 12.4. The number of amides is 1. The Hall–Kier alpha value is -2.44. The molecule has 24 heavy (non-hydrogen) atoms. The van der Waals surface area contributed by atoms with Crippen LogP contribution in [0.25, 0.3) is 0 Å². The molecule has 1 aliphatic heterocycles. The van der Waals surface area contributed by atoms with Crippen LogP contribution in [0.15, 0.2) is 18.2 Å². The first-order chi connectivity index (χ1) is 11.4. The van der Waals surface area contributed by atoms with E-state index >= 15 is 0 Å². The molecular weight excluding hydrogens is 312 g/mol. The van der Waals surface area contributed by atoms with E-state index in [9.17, 15) is 19.7 Å². The van der Waals surface area contributed by atoms with Crippen molar-refractivity contribution in [2.75, 3.05) is 13.1 Å². The first-order valence-corrected chi connectivity index (χ1v) is 8.15. The summed E-state index contributed by atoms with van der Waals surface area (Å²) in [5, 5.41) is 11.0. The summed E-state index contributed by atoms with van der Waals surface area (Å²) in [7, 11) is 0. The molecule has 0 radical (unpaired) electrons. The number of esters is 1. The number of aryl methyl sites for hydroxylation is 1. The quantitative estimate of drug-likeness (QED) is 0.480. The predicted octanol–water partition coefficient (Wildman–Crippen LogP) is 2.85. The van der Waals surface area contributed by atoms with Gasteiger partial charge in [-0.2, -0.15) is 0 Å². The van der Waals surface area contributed by atoms with Gasteiger partial charge in [0.05, 0.1) is 10.5 Å². The molecule has 130 valence electrons. The fourth-order valence-electron chi connectivity index (χ4n) is 2.76. The first-order valence-electron chi connectivity index (χ1n) is 8.15. The lowest BCUT2D eigenvalue weighted by molar-refractivity contribution is -0.385. The molecule has 0 saturated carbocycles. The van der Waals surface area contributed by atoms with Crippen LogP contribution in [0.3, 0.4) is 0 Å². The fourth-order valence-corrected chi connectivity index (χ4v) is 2.76. The lowest BCUT2D eigenvalue weighted by Gasteiger charge is -2.24. The van der Waals surface area contributed by atoms with Crippen molar-refractivity contribution in [2.45, 2.75) is 45.6 Å². The van der Waals surface area contributed by atoms with Gasteiger partial charge in [-0.25, -0.2) is 4.79 Å². The molecule has 1 amide bonds. The third-order valence-corrected chi connectivity index (χ3v) is 4.19. The minimum atomic E-state index is -0.907. The summed E-state index contributed by atoms with van der Waals surface area (Å²) in [6.45, 7) is 4.49. The molecular formula is C17H22N2O5. The number of nitro groups is 1. The molecule has 0 N–H and O–H groups in total. The Bertz CT molecular complexity index is 636. The highest BCUT2D eigenvalue weighted by molar-refractivity contribution is 5.93. The van der Waals surface area contributed by atoms with Gasteiger partial charge in [-0.1, -0.05) is 18.9 Å². The zero-order valence-corrected chi connectivity index (χ0v) is 14.0. The summed E-state index contributed by atoms with van der Waals surface area (Å²) in [5.41, 5.74) is 0.393. The summed E-state index contributed by atoms with van der Waals surface area (Å²) in [6.07, 6.45) is 3.21. The van der Waals surface area contributed by atoms with E-state index in [1.54, 1.807) is 11.8 Å². The molecule has 1 heterocycles. The van der Waals surface area contributed by atoms with E-state index in [1.165, 1.54) is 25.1 Å². The van der Waals surface area contributed by atoms with Crippen LogP contribution in [-0.2, 0) is 9.53 Å². The van der Waals surface area contributed by atoms with E-state index in [4.69, 9.17) is 4.74 Å². The Balaban J connectivity index is 2.04. The van der Waals surface area contributed by atoms with Crippen LogP contribution < -0.4 is 0 Å². The van der Waals surface area contributed by atoms with Gasteiger partial charge >= 0.3 is 5.97 Å². The maximum atomic E-state index is 12.4. The third-order valence-electron chi connectivity index (χ3n) is 4.19. The van der Waals surface area contributed by atoms with Crippen molar-refractivity contribution in [3.8, 4) is 0 Å². The Labute approximate surface area is 140 Å². The molecule has 1 aromatic rings. The molecule has 0 aromatic heterocycles. The smallest absolute Gasteiger partial charge is 0.339 e. The molecule has 1 fully saturated rings. The molecule has 7 heteroatoms. The van der Waals surface area contributed by atoms with Crippen molar-refractivity contribution in [3.05, 3.63) is 39.4 Å². The number of rotatable bonds is 4. The molecule has 1 saturated heterocycles. The number of ether oxygens (including phenoxy) is 1. The summed E-state index contributed by atoms with van der Waals surface area (Å²) in [5.74, 6) is -0.944. The van der Waals surface area contributed by atoms with Crippen LogP contribution in [0.1, 0.15) is 48.5 Å². The molecule has 1 aromatic carbocycles. The van der Waals surface area contributed by atoms with Crippen LogP contribution in [-0.4, -0.2) is 40.9 Å². The monoisotopic (exact) mass is 334 g/mol. The van der Waals surface area contributed by atoms with Crippen LogP contribution in [0.2, 0.25) is 0 Å². The minimum Gasteiger partial charge on any atom is -0.449 e. The van der Waals surface area contributed by atoms with Gasteiger partial charge in [0.15, 0.2) is 6.10 Å². The molecule has 1 aliphatic rings. The zero-order valence-electron chi connectivity index (χ0n) is 14.0. The topological polar surface area (TPSA) is 89.8 Å². The largest absolute Gasteiger partial charge is 0.449 e. The number of likely N-dealkylation sites (tertiary alicyclic amines) is 1. The Morgan fingerprint density at radius 2 is 1.83 bits per heavy atom. The third kappa shape index (κ3) is 4.31. The summed E-state index contributed by atoms with van der Waals surface area (Å²) >= 11 is 0.